The molecule has 0 bridgehead atoms. The van der Waals surface area contributed by atoms with E-state index in [1.54, 1.807) is 0 Å². The Morgan fingerprint density at radius 2 is 0.673 bits per heavy atom. The standard InChI is InChI=1S/C48H41N/c1-38-21-25-40(26-22-38)13-9-11-15-42-29-33-46(34-30-42)49(37-48(44-17-5-3-6-18-44)45-19-7-4-8-20-45)47-35-31-43(32-36-47)16-12-10-14-41-27-23-39(2)24-28-41/h3-37H,1-2H3. The smallest absolute Gasteiger partial charge is 0.0456 e. The molecule has 6 aromatic carbocycles. The van der Waals surface area contributed by atoms with Crippen LogP contribution in [0.3, 0.4) is 0 Å². The zero-order chi connectivity index (χ0) is 33.7. The Balaban J connectivity index is 1.29. The topological polar surface area (TPSA) is 3.24 Å². The second-order valence-electron chi connectivity index (χ2n) is 12.1. The van der Waals surface area contributed by atoms with Crippen molar-refractivity contribution in [3.05, 3.63) is 233 Å². The molecule has 6 rings (SSSR count). The third kappa shape index (κ3) is 9.44. The van der Waals surface area contributed by atoms with E-state index in [4.69, 9.17) is 0 Å². The Labute approximate surface area is 291 Å². The molecule has 0 atom stereocenters. The maximum absolute atomic E-state index is 2.28. The molecule has 0 saturated heterocycles. The average molecular weight is 632 g/mol. The molecule has 0 amide bonds. The number of allylic oxidation sites excluding steroid dienone is 4. The summed E-state index contributed by atoms with van der Waals surface area (Å²) in [5.74, 6) is 0. The molecular formula is C48H41N. The molecule has 0 aliphatic heterocycles. The zero-order valence-corrected chi connectivity index (χ0v) is 28.2. The van der Waals surface area contributed by atoms with Crippen molar-refractivity contribution in [3.63, 3.8) is 0 Å². The largest absolute Gasteiger partial charge is 0.317 e. The molecule has 1 heteroatoms. The molecule has 49 heavy (non-hydrogen) atoms. The number of anilines is 2. The second-order valence-corrected chi connectivity index (χ2v) is 12.1. The Hall–Kier alpha value is -6.18. The first kappa shape index (κ1) is 32.7. The number of aryl methyl sites for hydroxylation is 2. The van der Waals surface area contributed by atoms with Gasteiger partial charge in [0.05, 0.1) is 0 Å². The number of rotatable bonds is 11. The molecule has 238 valence electrons. The number of nitrogens with zero attached hydrogens (tertiary/aromatic N) is 1. The first-order valence-corrected chi connectivity index (χ1v) is 16.8. The van der Waals surface area contributed by atoms with Crippen LogP contribution in [0.2, 0.25) is 0 Å². The van der Waals surface area contributed by atoms with Gasteiger partial charge in [-0.1, -0.05) is 193 Å². The summed E-state index contributed by atoms with van der Waals surface area (Å²) in [6.45, 7) is 4.22. The van der Waals surface area contributed by atoms with Gasteiger partial charge in [-0.15, -0.1) is 0 Å². The molecule has 6 aromatic rings. The predicted molar refractivity (Wildman–Crippen MR) is 213 cm³/mol. The Kier molecular flexibility index (Phi) is 11.1. The van der Waals surface area contributed by atoms with E-state index in [0.717, 1.165) is 28.1 Å². The summed E-state index contributed by atoms with van der Waals surface area (Å²) in [6.07, 6.45) is 19.2. The van der Waals surface area contributed by atoms with Crippen LogP contribution in [-0.2, 0) is 0 Å². The lowest BCUT2D eigenvalue weighted by atomic mass is 9.98. The minimum Gasteiger partial charge on any atom is -0.317 e. The normalized spacial score (nSPS) is 11.6. The third-order valence-corrected chi connectivity index (χ3v) is 8.30. The van der Waals surface area contributed by atoms with E-state index in [2.05, 4.69) is 231 Å². The molecular weight excluding hydrogens is 591 g/mol. The van der Waals surface area contributed by atoms with E-state index in [-0.39, 0.29) is 0 Å². The molecule has 0 fully saturated rings. The number of hydrogen-bond donors (Lipinski definition) is 0. The lowest BCUT2D eigenvalue weighted by molar-refractivity contribution is 1.28. The van der Waals surface area contributed by atoms with Gasteiger partial charge in [0.25, 0.3) is 0 Å². The molecule has 0 spiro atoms. The zero-order valence-electron chi connectivity index (χ0n) is 28.2. The van der Waals surface area contributed by atoms with Gasteiger partial charge in [0.15, 0.2) is 0 Å². The van der Waals surface area contributed by atoms with Crippen LogP contribution < -0.4 is 4.90 Å². The quantitative estimate of drug-likeness (QED) is 0.129. The van der Waals surface area contributed by atoms with Gasteiger partial charge < -0.3 is 4.90 Å². The van der Waals surface area contributed by atoms with Gasteiger partial charge in [-0.2, -0.15) is 0 Å². The van der Waals surface area contributed by atoms with Gasteiger partial charge in [0.1, 0.15) is 0 Å². The highest BCUT2D eigenvalue weighted by Gasteiger charge is 2.12. The van der Waals surface area contributed by atoms with E-state index in [9.17, 15) is 0 Å². The summed E-state index contributed by atoms with van der Waals surface area (Å²) >= 11 is 0. The van der Waals surface area contributed by atoms with Gasteiger partial charge >= 0.3 is 0 Å². The van der Waals surface area contributed by atoms with Crippen molar-refractivity contribution in [2.24, 2.45) is 0 Å². The number of hydrogen-bond acceptors (Lipinski definition) is 1. The predicted octanol–water partition coefficient (Wildman–Crippen LogP) is 13.0. The van der Waals surface area contributed by atoms with Crippen molar-refractivity contribution in [1.29, 1.82) is 0 Å². The fraction of sp³-hybridized carbons (Fsp3) is 0.0417. The van der Waals surface area contributed by atoms with Crippen LogP contribution in [0.4, 0.5) is 11.4 Å². The van der Waals surface area contributed by atoms with E-state index < -0.39 is 0 Å². The lowest BCUT2D eigenvalue weighted by Crippen LogP contribution is -2.10. The first-order chi connectivity index (χ1) is 24.1. The minimum atomic E-state index is 1.08. The molecule has 0 radical (unpaired) electrons. The van der Waals surface area contributed by atoms with Crippen molar-refractivity contribution >= 4 is 41.3 Å². The maximum atomic E-state index is 2.28. The van der Waals surface area contributed by atoms with Gasteiger partial charge in [0, 0.05) is 23.1 Å². The SMILES string of the molecule is Cc1ccc(C=CC=Cc2ccc(N(C=C(c3ccccc3)c3ccccc3)c3ccc(C=CC=Cc4ccc(C)cc4)cc3)cc2)cc1. The van der Waals surface area contributed by atoms with Crippen LogP contribution in [0.1, 0.15) is 44.5 Å². The van der Waals surface area contributed by atoms with Crippen LogP contribution in [0.25, 0.3) is 29.9 Å². The van der Waals surface area contributed by atoms with Crippen molar-refractivity contribution < 1.29 is 0 Å². The van der Waals surface area contributed by atoms with Crippen LogP contribution in [0.5, 0.6) is 0 Å². The molecule has 0 aromatic heterocycles. The van der Waals surface area contributed by atoms with Crippen molar-refractivity contribution in [3.8, 4) is 0 Å². The molecule has 0 aliphatic carbocycles. The van der Waals surface area contributed by atoms with Crippen LogP contribution in [0.15, 0.2) is 188 Å². The van der Waals surface area contributed by atoms with E-state index in [1.165, 1.54) is 33.4 Å². The summed E-state index contributed by atoms with van der Waals surface area (Å²) < 4.78 is 0. The lowest BCUT2D eigenvalue weighted by Gasteiger charge is -2.24. The van der Waals surface area contributed by atoms with Crippen molar-refractivity contribution in [2.75, 3.05) is 4.90 Å². The molecule has 0 unspecified atom stereocenters. The Morgan fingerprint density at radius 3 is 1.00 bits per heavy atom. The summed E-state index contributed by atoms with van der Waals surface area (Å²) in [5.41, 5.74) is 12.9. The Morgan fingerprint density at radius 1 is 0.367 bits per heavy atom. The summed E-state index contributed by atoms with van der Waals surface area (Å²) in [4.78, 5) is 2.28. The summed E-state index contributed by atoms with van der Waals surface area (Å²) in [6, 6.07) is 55.8. The van der Waals surface area contributed by atoms with E-state index >= 15 is 0 Å². The van der Waals surface area contributed by atoms with Gasteiger partial charge in [-0.05, 0) is 71.5 Å². The average Bonchev–Trinajstić information content (AvgIpc) is 3.15. The highest BCUT2D eigenvalue weighted by Crippen LogP contribution is 2.32. The fourth-order valence-corrected chi connectivity index (χ4v) is 5.49. The highest BCUT2D eigenvalue weighted by atomic mass is 15.1. The highest BCUT2D eigenvalue weighted by molar-refractivity contribution is 5.84. The summed E-state index contributed by atoms with van der Waals surface area (Å²) in [7, 11) is 0. The van der Waals surface area contributed by atoms with Crippen LogP contribution in [0, 0.1) is 13.8 Å². The van der Waals surface area contributed by atoms with Crippen LogP contribution >= 0.6 is 0 Å². The molecule has 0 N–H and O–H groups in total. The second kappa shape index (κ2) is 16.6. The monoisotopic (exact) mass is 631 g/mol. The summed E-state index contributed by atoms with van der Waals surface area (Å²) in [5, 5.41) is 0. The molecule has 0 saturated carbocycles. The van der Waals surface area contributed by atoms with Gasteiger partial charge in [-0.3, -0.25) is 0 Å². The van der Waals surface area contributed by atoms with Crippen molar-refractivity contribution in [2.45, 2.75) is 13.8 Å². The van der Waals surface area contributed by atoms with Gasteiger partial charge in [0.2, 0.25) is 0 Å². The maximum Gasteiger partial charge on any atom is 0.0456 e. The fourth-order valence-electron chi connectivity index (χ4n) is 5.49. The molecule has 0 aliphatic rings. The van der Waals surface area contributed by atoms with E-state index in [0.29, 0.717) is 0 Å². The van der Waals surface area contributed by atoms with Crippen LogP contribution in [-0.4, -0.2) is 0 Å². The minimum absolute atomic E-state index is 1.08. The number of benzene rings is 6. The third-order valence-electron chi connectivity index (χ3n) is 8.30. The van der Waals surface area contributed by atoms with E-state index in [1.807, 2.05) is 0 Å². The first-order valence-electron chi connectivity index (χ1n) is 16.8. The van der Waals surface area contributed by atoms with Crippen molar-refractivity contribution in [1.82, 2.24) is 0 Å². The molecule has 1 nitrogen and oxygen atoms in total. The van der Waals surface area contributed by atoms with Gasteiger partial charge in [-0.25, -0.2) is 0 Å². The molecule has 0 heterocycles. The Bertz CT molecular complexity index is 1910.